The van der Waals surface area contributed by atoms with Crippen LogP contribution in [0.1, 0.15) is 66.0 Å². The third-order valence-electron chi connectivity index (χ3n) is 9.40. The maximum absolute atomic E-state index is 14.0. The number of nitriles is 1. The molecule has 2 fully saturated rings. The molecule has 0 N–H and O–H groups in total. The summed E-state index contributed by atoms with van der Waals surface area (Å²) in [6.07, 6.45) is 4.09. The summed E-state index contributed by atoms with van der Waals surface area (Å²) in [6.45, 7) is 1.35. The number of likely N-dealkylation sites (N-methyl/N-ethyl adjacent to an activating group) is 1. The molecule has 1 aromatic carbocycles. The molecule has 0 radical (unpaired) electrons. The maximum Gasteiger partial charge on any atom is 0.318 e. The van der Waals surface area contributed by atoms with Crippen LogP contribution in [0.4, 0.5) is 10.2 Å². The normalized spacial score (nSPS) is 27.4. The zero-order valence-corrected chi connectivity index (χ0v) is 24.8. The van der Waals surface area contributed by atoms with Gasteiger partial charge in [0.2, 0.25) is 0 Å². The zero-order chi connectivity index (χ0) is 32.1. The highest BCUT2D eigenvalue weighted by atomic mass is 35.5. The molecule has 0 bridgehead atoms. The number of allylic oxidation sites excluding steroid dienone is 2. The molecule has 10 heteroatoms. The number of ether oxygens (including phenoxy) is 1. The number of alkyl halides is 1. The van der Waals surface area contributed by atoms with Crippen LogP contribution in [0.2, 0.25) is 5.02 Å². The Kier molecular flexibility index (Phi) is 6.90. The molecule has 3 heterocycles. The van der Waals surface area contributed by atoms with E-state index in [2.05, 4.69) is 22.9 Å². The molecular weight excluding hydrogens is 555 g/mol. The van der Waals surface area contributed by atoms with Crippen LogP contribution in [0.3, 0.4) is 0 Å². The van der Waals surface area contributed by atoms with Crippen molar-refractivity contribution in [3.8, 4) is 12.1 Å². The Balaban J connectivity index is 1.39. The topological polar surface area (TPSA) is 85.6 Å². The summed E-state index contributed by atoms with van der Waals surface area (Å²) in [5.74, 6) is 0.0824. The van der Waals surface area contributed by atoms with Crippen molar-refractivity contribution in [3.05, 3.63) is 51.7 Å². The van der Waals surface area contributed by atoms with E-state index in [-0.39, 0.29) is 30.6 Å². The van der Waals surface area contributed by atoms with Crippen molar-refractivity contribution < 1.29 is 18.0 Å². The monoisotopic (exact) mass is 595 g/mol. The molecule has 1 aromatic heterocycles. The summed E-state index contributed by atoms with van der Waals surface area (Å²) >= 11 is 6.61. The van der Waals surface area contributed by atoms with Crippen LogP contribution in [0.5, 0.6) is 6.01 Å². The van der Waals surface area contributed by atoms with Crippen molar-refractivity contribution in [1.29, 1.82) is 5.26 Å². The van der Waals surface area contributed by atoms with Crippen LogP contribution in [-0.4, -0.2) is 83.8 Å². The van der Waals surface area contributed by atoms with Crippen molar-refractivity contribution in [1.82, 2.24) is 19.8 Å². The predicted molar refractivity (Wildman–Crippen MR) is 160 cm³/mol. The Morgan fingerprint density at radius 2 is 2.19 bits per heavy atom. The fraction of sp³-hybridized carbons (Fsp3) is 0.562. The van der Waals surface area contributed by atoms with Gasteiger partial charge in [-0.15, -0.1) is 0 Å². The van der Waals surface area contributed by atoms with Gasteiger partial charge in [-0.2, -0.15) is 15.2 Å². The highest BCUT2D eigenvalue weighted by molar-refractivity contribution is 6.32. The van der Waals surface area contributed by atoms with Gasteiger partial charge in [0.15, 0.2) is 6.17 Å². The summed E-state index contributed by atoms with van der Waals surface area (Å²) < 4.78 is 45.1. The van der Waals surface area contributed by atoms with E-state index in [1.807, 2.05) is 18.2 Å². The molecule has 1 amide bonds. The highest BCUT2D eigenvalue weighted by Gasteiger charge is 2.43. The summed E-state index contributed by atoms with van der Waals surface area (Å²) in [7, 11) is 2.08. The molecule has 2 aromatic rings. The number of hydrogen-bond acceptors (Lipinski definition) is 7. The van der Waals surface area contributed by atoms with Crippen molar-refractivity contribution in [2.45, 2.75) is 76.0 Å². The number of likely N-dealkylation sites (tertiary alicyclic amines) is 1. The van der Waals surface area contributed by atoms with Gasteiger partial charge in [-0.1, -0.05) is 29.8 Å². The van der Waals surface area contributed by atoms with E-state index < -0.39 is 30.4 Å². The molecule has 6 rings (SSSR count). The van der Waals surface area contributed by atoms with Crippen LogP contribution >= 0.6 is 11.6 Å². The number of piperazine rings is 1. The fourth-order valence-electron chi connectivity index (χ4n) is 7.16. The average molecular weight is 596 g/mol. The van der Waals surface area contributed by atoms with Crippen molar-refractivity contribution in [2.75, 3.05) is 44.7 Å². The van der Waals surface area contributed by atoms with E-state index in [9.17, 15) is 14.4 Å². The minimum Gasteiger partial charge on any atom is -0.462 e. The second-order valence-electron chi connectivity index (χ2n) is 12.0. The van der Waals surface area contributed by atoms with Gasteiger partial charge in [-0.3, -0.25) is 4.79 Å². The minimum absolute atomic E-state index is 0.0724. The van der Waals surface area contributed by atoms with Gasteiger partial charge in [0.05, 0.1) is 24.2 Å². The van der Waals surface area contributed by atoms with E-state index >= 15 is 0 Å². The van der Waals surface area contributed by atoms with E-state index in [1.165, 1.54) is 11.8 Å². The highest BCUT2D eigenvalue weighted by Crippen LogP contribution is 2.50. The first-order valence-corrected chi connectivity index (χ1v) is 15.1. The first-order chi connectivity index (χ1) is 21.4. The lowest BCUT2D eigenvalue weighted by molar-refractivity contribution is -0.138. The van der Waals surface area contributed by atoms with Crippen molar-refractivity contribution in [2.24, 2.45) is 0 Å². The quantitative estimate of drug-likeness (QED) is 0.477. The number of benzene rings is 1. The average Bonchev–Trinajstić information content (AvgIpc) is 3.56. The van der Waals surface area contributed by atoms with E-state index in [1.54, 1.807) is 6.07 Å². The Morgan fingerprint density at radius 3 is 2.93 bits per heavy atom. The zero-order valence-electron chi connectivity index (χ0n) is 27.1. The number of anilines is 1. The van der Waals surface area contributed by atoms with Crippen LogP contribution in [0.15, 0.2) is 24.3 Å². The molecule has 2 saturated heterocycles. The molecule has 4 aliphatic rings. The molecule has 2 aliphatic carbocycles. The Hall–Kier alpha value is -3.22. The number of nitrogens with zero attached hydrogens (tertiary/aromatic N) is 6. The van der Waals surface area contributed by atoms with Gasteiger partial charge < -0.3 is 19.4 Å². The fourth-order valence-corrected chi connectivity index (χ4v) is 7.43. The third-order valence-corrected chi connectivity index (χ3v) is 9.72. The van der Waals surface area contributed by atoms with Gasteiger partial charge in [-0.25, -0.2) is 4.39 Å². The SMILES string of the molecule is [2H]C([2H])([2H])C1=CC2(CCc3c(nc(OC[C@@H]4CCCN4C)nc3N3CCN(C(=O)C(C)F)[C@@H](CC#N)C3)C2)c2cccc(Cl)c21. The number of fused-ring (bicyclic) bond motifs is 3. The Labute approximate surface area is 256 Å². The predicted octanol–water partition coefficient (Wildman–Crippen LogP) is 4.74. The van der Waals surface area contributed by atoms with Gasteiger partial charge in [-0.05, 0) is 75.8 Å². The molecule has 0 saturated carbocycles. The molecule has 4 atom stereocenters. The van der Waals surface area contributed by atoms with Gasteiger partial charge in [0, 0.05) is 52.2 Å². The largest absolute Gasteiger partial charge is 0.462 e. The molecule has 1 spiro atoms. The second-order valence-corrected chi connectivity index (χ2v) is 12.4. The molecule has 42 heavy (non-hydrogen) atoms. The number of aromatic nitrogens is 2. The Bertz CT molecular complexity index is 1560. The standard InChI is InChI=1S/C32H38ClFN6O2/c1-20-16-32(25-7-4-8-26(33)28(20)25)11-9-24-27(17-32)36-31(42-19-23-6-5-13-38(23)3)37-29(24)39-14-15-40(30(41)21(2)34)22(18-39)10-12-35/h4,7-8,16,21-23H,5-6,9-11,13-15,17-19H2,1-3H3/t21?,22-,23-,32?/m0/s1/i1D3. The van der Waals surface area contributed by atoms with Crippen LogP contribution in [0, 0.1) is 11.3 Å². The number of carbonyl (C=O) groups is 1. The van der Waals surface area contributed by atoms with E-state index in [0.29, 0.717) is 55.4 Å². The molecule has 2 unspecified atom stereocenters. The van der Waals surface area contributed by atoms with Gasteiger partial charge in [0.25, 0.3) is 5.91 Å². The van der Waals surface area contributed by atoms with Crippen LogP contribution in [-0.2, 0) is 23.1 Å². The number of hydrogen-bond donors (Lipinski definition) is 0. The summed E-state index contributed by atoms with van der Waals surface area (Å²) in [5.41, 5.74) is 2.87. The number of rotatable bonds is 6. The molecular formula is C32H38ClFN6O2. The minimum atomic E-state index is -2.33. The van der Waals surface area contributed by atoms with E-state index in [4.69, 9.17) is 30.4 Å². The first kappa shape index (κ1) is 25.3. The first-order valence-electron chi connectivity index (χ1n) is 16.2. The summed E-state index contributed by atoms with van der Waals surface area (Å²) in [5, 5.41) is 9.96. The number of halogens is 2. The van der Waals surface area contributed by atoms with Crippen molar-refractivity contribution in [3.63, 3.8) is 0 Å². The third kappa shape index (κ3) is 5.13. The number of carbonyl (C=O) groups excluding carboxylic acids is 1. The van der Waals surface area contributed by atoms with Crippen molar-refractivity contribution >= 4 is 28.9 Å². The lowest BCUT2D eigenvalue weighted by atomic mass is 9.70. The lowest BCUT2D eigenvalue weighted by Gasteiger charge is -2.43. The Morgan fingerprint density at radius 1 is 1.33 bits per heavy atom. The van der Waals surface area contributed by atoms with E-state index in [0.717, 1.165) is 36.2 Å². The molecule has 8 nitrogen and oxygen atoms in total. The smallest absolute Gasteiger partial charge is 0.318 e. The van der Waals surface area contributed by atoms with Gasteiger partial charge >= 0.3 is 6.01 Å². The molecule has 2 aliphatic heterocycles. The van der Waals surface area contributed by atoms with Crippen LogP contribution in [0.25, 0.3) is 5.57 Å². The summed E-state index contributed by atoms with van der Waals surface area (Å²) in [4.78, 5) is 28.3. The number of amides is 1. The summed E-state index contributed by atoms with van der Waals surface area (Å²) in [6, 6.07) is 7.73. The second kappa shape index (κ2) is 11.5. The molecule has 222 valence electrons. The van der Waals surface area contributed by atoms with Gasteiger partial charge in [0.1, 0.15) is 12.4 Å². The maximum atomic E-state index is 14.0. The lowest BCUT2D eigenvalue weighted by Crippen LogP contribution is -2.57. The van der Waals surface area contributed by atoms with Crippen LogP contribution < -0.4 is 9.64 Å².